The summed E-state index contributed by atoms with van der Waals surface area (Å²) in [7, 11) is -3.84. The van der Waals surface area contributed by atoms with Gasteiger partial charge in [0.25, 0.3) is 10.0 Å². The van der Waals surface area contributed by atoms with Gasteiger partial charge in [0.15, 0.2) is 5.13 Å². The van der Waals surface area contributed by atoms with E-state index in [2.05, 4.69) is 34.0 Å². The highest BCUT2D eigenvalue weighted by molar-refractivity contribution is 7.93. The predicted octanol–water partition coefficient (Wildman–Crippen LogP) is 4.34. The third-order valence-corrected chi connectivity index (χ3v) is 9.68. The number of aromatic nitrogens is 1. The Morgan fingerprint density at radius 1 is 0.750 bits per heavy atom. The molecule has 1 N–H and O–H groups in total. The number of thiazole rings is 1. The molecule has 0 saturated carbocycles. The average molecular weight is 514 g/mol. The van der Waals surface area contributed by atoms with E-state index in [4.69, 9.17) is 0 Å². The molecule has 7 nitrogen and oxygen atoms in total. The SMILES string of the molecule is O=C1[C@@H]2C3c4ccccc4C(c4ccccc43)[C@@H]2C(=O)N1c1ccc(S(=O)(=O)Nc2nccs2)cc1. The van der Waals surface area contributed by atoms with Gasteiger partial charge in [-0.25, -0.2) is 18.3 Å². The number of nitrogens with one attached hydrogen (secondary N) is 1. The maximum atomic E-state index is 13.8. The van der Waals surface area contributed by atoms with E-state index in [9.17, 15) is 18.0 Å². The first-order chi connectivity index (χ1) is 17.5. The van der Waals surface area contributed by atoms with E-state index in [0.29, 0.717) is 5.69 Å². The second kappa shape index (κ2) is 7.59. The quantitative estimate of drug-likeness (QED) is 0.410. The van der Waals surface area contributed by atoms with E-state index in [1.54, 1.807) is 5.38 Å². The molecule has 36 heavy (non-hydrogen) atoms. The molecule has 0 radical (unpaired) electrons. The number of hydrogen-bond donors (Lipinski definition) is 1. The van der Waals surface area contributed by atoms with Crippen LogP contribution in [0.5, 0.6) is 0 Å². The Hall–Kier alpha value is -3.82. The Kier molecular flexibility index (Phi) is 4.52. The van der Waals surface area contributed by atoms with Crippen molar-refractivity contribution in [3.8, 4) is 0 Å². The molecular formula is C27H19N3O4S2. The lowest BCUT2D eigenvalue weighted by molar-refractivity contribution is -0.122. The largest absolute Gasteiger partial charge is 0.274 e. The van der Waals surface area contributed by atoms with Gasteiger partial charge in [0.2, 0.25) is 11.8 Å². The molecule has 0 spiro atoms. The molecule has 1 aromatic heterocycles. The van der Waals surface area contributed by atoms with Crippen molar-refractivity contribution in [1.29, 1.82) is 0 Å². The van der Waals surface area contributed by atoms with Crippen molar-refractivity contribution in [2.75, 3.05) is 9.62 Å². The van der Waals surface area contributed by atoms with Gasteiger partial charge in [0, 0.05) is 23.4 Å². The molecule has 1 saturated heterocycles. The number of anilines is 2. The molecule has 4 aromatic rings. The molecule has 2 heterocycles. The van der Waals surface area contributed by atoms with E-state index in [1.807, 2.05) is 24.3 Å². The van der Waals surface area contributed by atoms with Gasteiger partial charge >= 0.3 is 0 Å². The highest BCUT2D eigenvalue weighted by Crippen LogP contribution is 2.61. The summed E-state index contributed by atoms with van der Waals surface area (Å²) >= 11 is 1.18. The number of amides is 2. The summed E-state index contributed by atoms with van der Waals surface area (Å²) in [5.41, 5.74) is 4.82. The number of rotatable bonds is 4. The van der Waals surface area contributed by atoms with Gasteiger partial charge in [-0.1, -0.05) is 48.5 Å². The minimum absolute atomic E-state index is 0.0258. The van der Waals surface area contributed by atoms with Crippen LogP contribution in [-0.4, -0.2) is 25.2 Å². The van der Waals surface area contributed by atoms with Crippen LogP contribution in [0.2, 0.25) is 0 Å². The van der Waals surface area contributed by atoms with Crippen LogP contribution in [0.1, 0.15) is 34.1 Å². The fraction of sp³-hybridized carbons (Fsp3) is 0.148. The Bertz CT molecular complexity index is 1530. The van der Waals surface area contributed by atoms with Gasteiger partial charge in [-0.05, 0) is 46.5 Å². The zero-order chi connectivity index (χ0) is 24.6. The van der Waals surface area contributed by atoms with E-state index in [-0.39, 0.29) is 33.7 Å². The molecule has 3 aliphatic carbocycles. The number of sulfonamides is 1. The predicted molar refractivity (Wildman–Crippen MR) is 135 cm³/mol. The van der Waals surface area contributed by atoms with Gasteiger partial charge in [-0.3, -0.25) is 14.3 Å². The molecule has 3 aromatic carbocycles. The number of benzene rings is 3. The smallest absolute Gasteiger partial charge is 0.263 e. The molecule has 8 rings (SSSR count). The third kappa shape index (κ3) is 2.90. The number of carbonyl (C=O) groups excluding carboxylic acids is 2. The lowest BCUT2D eigenvalue weighted by Gasteiger charge is -2.45. The lowest BCUT2D eigenvalue weighted by Crippen LogP contribution is -2.41. The Morgan fingerprint density at radius 2 is 1.25 bits per heavy atom. The molecule has 4 aliphatic rings. The van der Waals surface area contributed by atoms with Crippen molar-refractivity contribution in [1.82, 2.24) is 4.98 Å². The fourth-order valence-electron chi connectivity index (χ4n) is 6.15. The standard InChI is InChI=1S/C27H19N3O4S2/c31-25-23-21-17-5-1-2-6-18(17)22(20-8-4-3-7-19(20)21)24(23)26(32)30(25)15-9-11-16(12-10-15)36(33,34)29-27-28-13-14-35-27/h1-14,21-24H,(H,28,29)/t21?,22?,23-,24+. The van der Waals surface area contributed by atoms with Gasteiger partial charge in [-0.2, -0.15) is 0 Å². The minimum Gasteiger partial charge on any atom is -0.274 e. The van der Waals surface area contributed by atoms with Gasteiger partial charge in [0.1, 0.15) is 0 Å². The van der Waals surface area contributed by atoms with Crippen LogP contribution in [0.25, 0.3) is 0 Å². The monoisotopic (exact) mass is 513 g/mol. The van der Waals surface area contributed by atoms with Crippen molar-refractivity contribution in [2.45, 2.75) is 16.7 Å². The van der Waals surface area contributed by atoms with Crippen molar-refractivity contribution in [2.24, 2.45) is 11.8 Å². The van der Waals surface area contributed by atoms with E-state index < -0.39 is 21.9 Å². The minimum atomic E-state index is -3.84. The van der Waals surface area contributed by atoms with Crippen molar-refractivity contribution < 1.29 is 18.0 Å². The highest BCUT2D eigenvalue weighted by atomic mass is 32.2. The first kappa shape index (κ1) is 21.5. The molecule has 178 valence electrons. The number of carbonyl (C=O) groups is 2. The summed E-state index contributed by atoms with van der Waals surface area (Å²) in [6, 6.07) is 22.0. The maximum Gasteiger partial charge on any atom is 0.263 e. The summed E-state index contributed by atoms with van der Waals surface area (Å²) in [6.07, 6.45) is 1.51. The van der Waals surface area contributed by atoms with Gasteiger partial charge in [-0.15, -0.1) is 11.3 Å². The van der Waals surface area contributed by atoms with Crippen LogP contribution in [0, 0.1) is 11.8 Å². The Balaban J connectivity index is 1.27. The van der Waals surface area contributed by atoms with E-state index in [0.717, 1.165) is 22.3 Å². The highest BCUT2D eigenvalue weighted by Gasteiger charge is 2.61. The summed E-state index contributed by atoms with van der Waals surface area (Å²) in [5.74, 6) is -1.81. The van der Waals surface area contributed by atoms with Crippen LogP contribution in [0.3, 0.4) is 0 Å². The van der Waals surface area contributed by atoms with Crippen LogP contribution in [0.4, 0.5) is 10.8 Å². The second-order valence-electron chi connectivity index (χ2n) is 9.21. The topological polar surface area (TPSA) is 96.4 Å². The molecular weight excluding hydrogens is 494 g/mol. The van der Waals surface area contributed by atoms with Crippen LogP contribution < -0.4 is 9.62 Å². The zero-order valence-electron chi connectivity index (χ0n) is 18.7. The van der Waals surface area contributed by atoms with Gasteiger partial charge in [0.05, 0.1) is 22.4 Å². The van der Waals surface area contributed by atoms with Crippen molar-refractivity contribution in [3.05, 3.63) is 107 Å². The van der Waals surface area contributed by atoms with E-state index in [1.165, 1.54) is 46.7 Å². The zero-order valence-corrected chi connectivity index (χ0v) is 20.4. The first-order valence-electron chi connectivity index (χ1n) is 11.5. The summed E-state index contributed by atoms with van der Waals surface area (Å²) < 4.78 is 27.9. The molecule has 2 amide bonds. The summed E-state index contributed by atoms with van der Waals surface area (Å²) in [4.78, 5) is 32.9. The number of nitrogens with zero attached hydrogens (tertiary/aromatic N) is 2. The van der Waals surface area contributed by atoms with E-state index >= 15 is 0 Å². The first-order valence-corrected chi connectivity index (χ1v) is 13.9. The molecule has 1 aliphatic heterocycles. The summed E-state index contributed by atoms with van der Waals surface area (Å²) in [6.45, 7) is 0. The average Bonchev–Trinajstić information content (AvgIpc) is 3.49. The van der Waals surface area contributed by atoms with Crippen LogP contribution in [-0.2, 0) is 19.6 Å². The second-order valence-corrected chi connectivity index (χ2v) is 11.8. The van der Waals surface area contributed by atoms with Crippen LogP contribution in [0.15, 0.2) is 89.3 Å². The maximum absolute atomic E-state index is 13.8. The summed E-state index contributed by atoms with van der Waals surface area (Å²) in [5, 5.41) is 1.94. The Labute approximate surface area is 211 Å². The number of hydrogen-bond acceptors (Lipinski definition) is 6. The normalized spacial score (nSPS) is 23.8. The molecule has 2 bridgehead atoms. The van der Waals surface area contributed by atoms with Gasteiger partial charge < -0.3 is 0 Å². The molecule has 9 heteroatoms. The van der Waals surface area contributed by atoms with Crippen molar-refractivity contribution in [3.63, 3.8) is 0 Å². The van der Waals surface area contributed by atoms with Crippen molar-refractivity contribution >= 4 is 44.0 Å². The molecule has 1 fully saturated rings. The third-order valence-electron chi connectivity index (χ3n) is 7.51. The van der Waals surface area contributed by atoms with Crippen LogP contribution >= 0.6 is 11.3 Å². The number of imide groups is 1. The molecule has 2 atom stereocenters. The Morgan fingerprint density at radius 3 is 1.69 bits per heavy atom. The fourth-order valence-corrected chi connectivity index (χ4v) is 7.94. The lowest BCUT2D eigenvalue weighted by atomic mass is 9.55. The molecule has 0 unspecified atom stereocenters.